The number of hydrogen-bond acceptors (Lipinski definition) is 4. The van der Waals surface area contributed by atoms with Gasteiger partial charge in [0.05, 0.1) is 27.9 Å². The van der Waals surface area contributed by atoms with Crippen LogP contribution in [-0.4, -0.2) is 28.3 Å². The summed E-state index contributed by atoms with van der Waals surface area (Å²) >= 11 is 0. The number of aromatic nitrogens is 2. The largest absolute Gasteiger partial charge is 0.496 e. The Balaban J connectivity index is 1.55. The van der Waals surface area contributed by atoms with Gasteiger partial charge in [0, 0.05) is 22.5 Å². The van der Waals surface area contributed by atoms with Crippen molar-refractivity contribution in [3.05, 3.63) is 91.1 Å². The zero-order chi connectivity index (χ0) is 25.4. The summed E-state index contributed by atoms with van der Waals surface area (Å²) in [5.41, 5.74) is 4.10. The summed E-state index contributed by atoms with van der Waals surface area (Å²) in [7, 11) is -0.466. The van der Waals surface area contributed by atoms with Crippen LogP contribution in [0.5, 0.6) is 0 Å². The van der Waals surface area contributed by atoms with Crippen molar-refractivity contribution in [1.82, 2.24) is 9.97 Å². The molecule has 0 amide bonds. The molecule has 0 atom stereocenters. The van der Waals surface area contributed by atoms with Crippen molar-refractivity contribution in [3.63, 3.8) is 0 Å². The molecular weight excluding hydrogens is 455 g/mol. The quantitative estimate of drug-likeness (QED) is 0.151. The maximum absolute atomic E-state index is 6.57. The highest BCUT2D eigenvalue weighted by molar-refractivity contribution is 6.68. The third-order valence-electron chi connectivity index (χ3n) is 8.15. The first-order valence-corrected chi connectivity index (χ1v) is 12.8. The van der Waals surface area contributed by atoms with Crippen LogP contribution >= 0.6 is 0 Å². The molecule has 6 aromatic rings. The fraction of sp³-hybridized carbons (Fsp3) is 0.188. The number of benzene rings is 4. The van der Waals surface area contributed by atoms with Crippen LogP contribution in [0.1, 0.15) is 27.7 Å². The molecule has 0 radical (unpaired) electrons. The number of hydrogen-bond donors (Lipinski definition) is 0. The molecule has 0 bridgehead atoms. The summed E-state index contributed by atoms with van der Waals surface area (Å²) < 4.78 is 13.1. The maximum atomic E-state index is 6.57. The maximum Gasteiger partial charge on any atom is 0.496 e. The standard InChI is InChI=1S/C32H27BN2O2/c1-31(2)32(3,4)37-33(36-31)28-24-13-7-5-11-22(24)27(23-12-6-8-14-25(23)28)26-18-17-21-16-15-20-10-9-19-34-29(20)30(21)35-26/h5-19H,1-4H3. The number of fused-ring (bicyclic) bond motifs is 5. The summed E-state index contributed by atoms with van der Waals surface area (Å²) in [6.45, 7) is 8.40. The first kappa shape index (κ1) is 22.4. The summed E-state index contributed by atoms with van der Waals surface area (Å²) in [5, 5.41) is 6.67. The summed E-state index contributed by atoms with van der Waals surface area (Å²) in [6, 6.07) is 29.6. The summed E-state index contributed by atoms with van der Waals surface area (Å²) in [5.74, 6) is 0. The van der Waals surface area contributed by atoms with Gasteiger partial charge in [0.15, 0.2) is 0 Å². The van der Waals surface area contributed by atoms with Crippen LogP contribution in [0.2, 0.25) is 0 Å². The third-order valence-corrected chi connectivity index (χ3v) is 8.15. The van der Waals surface area contributed by atoms with E-state index in [1.807, 2.05) is 12.3 Å². The molecule has 1 aliphatic rings. The van der Waals surface area contributed by atoms with E-state index in [0.717, 1.165) is 60.1 Å². The lowest BCUT2D eigenvalue weighted by molar-refractivity contribution is 0.00578. The minimum atomic E-state index is -0.466. The Kier molecular flexibility index (Phi) is 4.75. The minimum absolute atomic E-state index is 0.424. The average molecular weight is 482 g/mol. The zero-order valence-corrected chi connectivity index (χ0v) is 21.4. The molecule has 37 heavy (non-hydrogen) atoms. The molecule has 5 heteroatoms. The molecule has 4 nitrogen and oxygen atoms in total. The van der Waals surface area contributed by atoms with Crippen molar-refractivity contribution in [3.8, 4) is 11.3 Å². The van der Waals surface area contributed by atoms with E-state index in [0.29, 0.717) is 0 Å². The van der Waals surface area contributed by atoms with Crippen LogP contribution in [0.15, 0.2) is 91.1 Å². The van der Waals surface area contributed by atoms with Gasteiger partial charge in [-0.1, -0.05) is 72.8 Å². The molecule has 1 aliphatic heterocycles. The SMILES string of the molecule is CC1(C)OB(c2c3ccccc3c(-c3ccc4ccc5cccnc5c4n3)c3ccccc23)OC1(C)C. The fourth-order valence-corrected chi connectivity index (χ4v) is 5.52. The molecule has 1 fully saturated rings. The molecule has 0 N–H and O–H groups in total. The van der Waals surface area contributed by atoms with E-state index in [2.05, 4.69) is 112 Å². The van der Waals surface area contributed by atoms with E-state index in [9.17, 15) is 0 Å². The number of nitrogens with zero attached hydrogens (tertiary/aromatic N) is 2. The Morgan fingerprint density at radius 3 is 1.76 bits per heavy atom. The Morgan fingerprint density at radius 1 is 0.595 bits per heavy atom. The topological polar surface area (TPSA) is 44.2 Å². The molecule has 3 heterocycles. The molecular formula is C32H27BN2O2. The number of rotatable bonds is 2. The van der Waals surface area contributed by atoms with E-state index < -0.39 is 18.3 Å². The first-order valence-electron chi connectivity index (χ1n) is 12.8. The Hall–Kier alpha value is -3.80. The second-order valence-electron chi connectivity index (χ2n) is 10.9. The highest BCUT2D eigenvalue weighted by atomic mass is 16.7. The Morgan fingerprint density at radius 2 is 1.14 bits per heavy atom. The van der Waals surface area contributed by atoms with Gasteiger partial charge in [-0.05, 0) is 66.8 Å². The molecule has 180 valence electrons. The van der Waals surface area contributed by atoms with E-state index in [4.69, 9.17) is 14.3 Å². The van der Waals surface area contributed by atoms with Crippen LogP contribution in [0.4, 0.5) is 0 Å². The van der Waals surface area contributed by atoms with Crippen molar-refractivity contribution in [2.75, 3.05) is 0 Å². The Bertz CT molecular complexity index is 1790. The van der Waals surface area contributed by atoms with Gasteiger partial charge in [-0.25, -0.2) is 4.98 Å². The van der Waals surface area contributed by atoms with Crippen LogP contribution in [0, 0.1) is 0 Å². The third kappa shape index (κ3) is 3.31. The van der Waals surface area contributed by atoms with Crippen molar-refractivity contribution in [1.29, 1.82) is 0 Å². The second kappa shape index (κ2) is 7.85. The van der Waals surface area contributed by atoms with Crippen molar-refractivity contribution >= 4 is 55.9 Å². The van der Waals surface area contributed by atoms with Crippen molar-refractivity contribution < 1.29 is 9.31 Å². The van der Waals surface area contributed by atoms with Gasteiger partial charge in [0.2, 0.25) is 0 Å². The molecule has 0 aliphatic carbocycles. The van der Waals surface area contributed by atoms with Crippen LogP contribution < -0.4 is 5.46 Å². The van der Waals surface area contributed by atoms with Gasteiger partial charge >= 0.3 is 7.12 Å². The van der Waals surface area contributed by atoms with Crippen LogP contribution in [0.25, 0.3) is 54.6 Å². The van der Waals surface area contributed by atoms with Gasteiger partial charge in [0.25, 0.3) is 0 Å². The fourth-order valence-electron chi connectivity index (χ4n) is 5.52. The summed E-state index contributed by atoms with van der Waals surface area (Å²) in [4.78, 5) is 9.89. The van der Waals surface area contributed by atoms with Crippen LogP contribution in [0.3, 0.4) is 0 Å². The zero-order valence-electron chi connectivity index (χ0n) is 21.4. The average Bonchev–Trinajstić information content (AvgIpc) is 3.12. The van der Waals surface area contributed by atoms with E-state index in [-0.39, 0.29) is 0 Å². The van der Waals surface area contributed by atoms with Crippen LogP contribution in [-0.2, 0) is 9.31 Å². The predicted molar refractivity (Wildman–Crippen MR) is 153 cm³/mol. The highest BCUT2D eigenvalue weighted by Gasteiger charge is 2.52. The molecule has 4 aromatic carbocycles. The van der Waals surface area contributed by atoms with Crippen molar-refractivity contribution in [2.24, 2.45) is 0 Å². The predicted octanol–water partition coefficient (Wildman–Crippen LogP) is 7.06. The molecule has 7 rings (SSSR count). The van der Waals surface area contributed by atoms with E-state index >= 15 is 0 Å². The summed E-state index contributed by atoms with van der Waals surface area (Å²) in [6.07, 6.45) is 1.83. The van der Waals surface area contributed by atoms with Gasteiger partial charge in [-0.3, -0.25) is 4.98 Å². The molecule has 1 saturated heterocycles. The van der Waals surface area contributed by atoms with Crippen molar-refractivity contribution in [2.45, 2.75) is 38.9 Å². The molecule has 0 spiro atoms. The lowest BCUT2D eigenvalue weighted by atomic mass is 9.72. The van der Waals surface area contributed by atoms with Gasteiger partial charge < -0.3 is 9.31 Å². The Labute approximate surface area is 216 Å². The number of pyridine rings is 2. The minimum Gasteiger partial charge on any atom is -0.399 e. The highest BCUT2D eigenvalue weighted by Crippen LogP contribution is 2.40. The van der Waals surface area contributed by atoms with E-state index in [1.54, 1.807) is 0 Å². The molecule has 0 saturated carbocycles. The smallest absolute Gasteiger partial charge is 0.399 e. The van der Waals surface area contributed by atoms with Gasteiger partial charge in [-0.15, -0.1) is 0 Å². The molecule has 2 aromatic heterocycles. The van der Waals surface area contributed by atoms with E-state index in [1.165, 1.54) is 0 Å². The lowest BCUT2D eigenvalue weighted by Crippen LogP contribution is -2.41. The van der Waals surface area contributed by atoms with Gasteiger partial charge in [0.1, 0.15) is 0 Å². The molecule has 0 unspecified atom stereocenters. The lowest BCUT2D eigenvalue weighted by Gasteiger charge is -2.32. The van der Waals surface area contributed by atoms with Gasteiger partial charge in [-0.2, -0.15) is 0 Å². The first-order chi connectivity index (χ1) is 17.8. The normalized spacial score (nSPS) is 16.8. The monoisotopic (exact) mass is 482 g/mol. The second-order valence-corrected chi connectivity index (χ2v) is 10.9.